The predicted octanol–water partition coefficient (Wildman–Crippen LogP) is 2.96. The Morgan fingerprint density at radius 3 is 2.53 bits per heavy atom. The fraction of sp³-hybridized carbons (Fsp3) is 0.750. The number of hydrogen-bond acceptors (Lipinski definition) is 2. The molecule has 0 spiro atoms. The number of aryl methyl sites for hydroxylation is 2. The van der Waals surface area contributed by atoms with Gasteiger partial charge in [-0.25, -0.2) is 0 Å². The smallest absolute Gasteiger partial charge is 0.130 e. The Morgan fingerprint density at radius 1 is 1.41 bits per heavy atom. The van der Waals surface area contributed by atoms with Gasteiger partial charge >= 0.3 is 0 Å². The molecule has 0 aromatic carbocycles. The van der Waals surface area contributed by atoms with Crippen molar-refractivity contribution in [2.75, 3.05) is 19.1 Å². The summed E-state index contributed by atoms with van der Waals surface area (Å²) in [7, 11) is 1.87. The maximum absolute atomic E-state index is 6.28. The molecule has 5 heteroatoms. The van der Waals surface area contributed by atoms with Gasteiger partial charge < -0.3 is 4.74 Å². The Labute approximate surface area is 112 Å². The van der Waals surface area contributed by atoms with E-state index in [0.717, 1.165) is 48.9 Å². The zero-order valence-corrected chi connectivity index (χ0v) is 11.8. The van der Waals surface area contributed by atoms with Gasteiger partial charge in [0.05, 0.1) is 5.69 Å². The minimum Gasteiger partial charge on any atom is -0.381 e. The van der Waals surface area contributed by atoms with E-state index in [1.807, 2.05) is 14.0 Å². The molecule has 0 aliphatic carbocycles. The quantitative estimate of drug-likeness (QED) is 0.794. The molecule has 0 amide bonds. The first kappa shape index (κ1) is 13.2. The van der Waals surface area contributed by atoms with Crippen LogP contribution in [0.1, 0.15) is 24.1 Å². The van der Waals surface area contributed by atoms with Gasteiger partial charge in [-0.1, -0.05) is 11.6 Å². The van der Waals surface area contributed by atoms with Gasteiger partial charge in [0.1, 0.15) is 5.15 Å². The van der Waals surface area contributed by atoms with Crippen molar-refractivity contribution < 1.29 is 4.74 Å². The molecule has 0 radical (unpaired) electrons. The van der Waals surface area contributed by atoms with E-state index in [1.54, 1.807) is 4.68 Å². The summed E-state index contributed by atoms with van der Waals surface area (Å²) in [5, 5.41) is 5.09. The molecule has 0 N–H and O–H groups in total. The summed E-state index contributed by atoms with van der Waals surface area (Å²) >= 11 is 12.5. The van der Waals surface area contributed by atoms with Gasteiger partial charge in [-0.3, -0.25) is 4.68 Å². The second-order valence-corrected chi connectivity index (χ2v) is 5.53. The largest absolute Gasteiger partial charge is 0.381 e. The lowest BCUT2D eigenvalue weighted by atomic mass is 9.77. The fourth-order valence-electron chi connectivity index (χ4n) is 2.41. The van der Waals surface area contributed by atoms with Crippen LogP contribution in [0.4, 0.5) is 0 Å². The topological polar surface area (TPSA) is 27.1 Å². The first-order chi connectivity index (χ1) is 8.08. The third kappa shape index (κ3) is 2.61. The van der Waals surface area contributed by atoms with Crippen molar-refractivity contribution in [1.29, 1.82) is 0 Å². The molecule has 1 saturated heterocycles. The highest BCUT2D eigenvalue weighted by molar-refractivity contribution is 6.30. The summed E-state index contributed by atoms with van der Waals surface area (Å²) in [5.41, 5.74) is 2.27. The molecule has 0 saturated carbocycles. The number of alkyl halides is 1. The van der Waals surface area contributed by atoms with Crippen molar-refractivity contribution in [2.24, 2.45) is 12.5 Å². The molecule has 1 fully saturated rings. The lowest BCUT2D eigenvalue weighted by Gasteiger charge is -2.35. The Bertz CT molecular complexity index is 397. The van der Waals surface area contributed by atoms with E-state index in [0.29, 0.717) is 5.88 Å². The minimum atomic E-state index is 0.122. The predicted molar refractivity (Wildman–Crippen MR) is 69.9 cm³/mol. The van der Waals surface area contributed by atoms with Crippen LogP contribution in [0.2, 0.25) is 5.15 Å². The van der Waals surface area contributed by atoms with Gasteiger partial charge in [0.25, 0.3) is 0 Å². The molecule has 1 aliphatic heterocycles. The summed E-state index contributed by atoms with van der Waals surface area (Å²) < 4.78 is 7.15. The summed E-state index contributed by atoms with van der Waals surface area (Å²) in [4.78, 5) is 0. The minimum absolute atomic E-state index is 0.122. The van der Waals surface area contributed by atoms with Gasteiger partial charge in [-0.2, -0.15) is 5.10 Å². The summed E-state index contributed by atoms with van der Waals surface area (Å²) in [6.45, 7) is 3.59. The van der Waals surface area contributed by atoms with Crippen LogP contribution in [0.15, 0.2) is 0 Å². The molecule has 0 atom stereocenters. The average Bonchev–Trinajstić information content (AvgIpc) is 2.57. The lowest BCUT2D eigenvalue weighted by molar-refractivity contribution is 0.0257. The first-order valence-corrected chi connectivity index (χ1v) is 6.81. The maximum atomic E-state index is 6.28. The Morgan fingerprint density at radius 2 is 2.06 bits per heavy atom. The highest BCUT2D eigenvalue weighted by atomic mass is 35.5. The van der Waals surface area contributed by atoms with E-state index >= 15 is 0 Å². The SMILES string of the molecule is Cc1nn(C)c(Cl)c1CC1(CCl)CCOCC1. The van der Waals surface area contributed by atoms with Crippen LogP contribution in [0.3, 0.4) is 0 Å². The normalized spacial score (nSPS) is 19.5. The number of aromatic nitrogens is 2. The molecule has 1 aromatic heterocycles. The second-order valence-electron chi connectivity index (χ2n) is 4.90. The molecule has 1 aromatic rings. The average molecular weight is 277 g/mol. The summed E-state index contributed by atoms with van der Waals surface area (Å²) in [6, 6.07) is 0. The van der Waals surface area contributed by atoms with Crippen molar-refractivity contribution in [2.45, 2.75) is 26.2 Å². The fourth-order valence-corrected chi connectivity index (χ4v) is 3.01. The van der Waals surface area contributed by atoms with Gasteiger partial charge in [0.15, 0.2) is 0 Å². The molecule has 17 heavy (non-hydrogen) atoms. The number of halogens is 2. The van der Waals surface area contributed by atoms with Crippen LogP contribution in [0, 0.1) is 12.3 Å². The third-order valence-electron chi connectivity index (χ3n) is 3.66. The van der Waals surface area contributed by atoms with Gasteiger partial charge in [-0.15, -0.1) is 11.6 Å². The Balaban J connectivity index is 2.23. The van der Waals surface area contributed by atoms with Crippen LogP contribution in [0.5, 0.6) is 0 Å². The molecule has 0 bridgehead atoms. The van der Waals surface area contributed by atoms with E-state index in [-0.39, 0.29) is 5.41 Å². The zero-order chi connectivity index (χ0) is 12.5. The van der Waals surface area contributed by atoms with Crippen LogP contribution in [-0.2, 0) is 18.2 Å². The van der Waals surface area contributed by atoms with E-state index in [9.17, 15) is 0 Å². The van der Waals surface area contributed by atoms with Crippen LogP contribution < -0.4 is 0 Å². The zero-order valence-electron chi connectivity index (χ0n) is 10.3. The van der Waals surface area contributed by atoms with Crippen LogP contribution >= 0.6 is 23.2 Å². The first-order valence-electron chi connectivity index (χ1n) is 5.90. The van der Waals surface area contributed by atoms with E-state index in [1.165, 1.54) is 0 Å². The molecule has 3 nitrogen and oxygen atoms in total. The number of rotatable bonds is 3. The maximum Gasteiger partial charge on any atom is 0.130 e. The lowest BCUT2D eigenvalue weighted by Crippen LogP contribution is -2.33. The van der Waals surface area contributed by atoms with Crippen molar-refractivity contribution in [1.82, 2.24) is 9.78 Å². The highest BCUT2D eigenvalue weighted by Crippen LogP contribution is 2.37. The monoisotopic (exact) mass is 276 g/mol. The number of ether oxygens (including phenoxy) is 1. The standard InChI is InChI=1S/C12H18Cl2N2O/c1-9-10(11(14)16(2)15-9)7-12(8-13)3-5-17-6-4-12/h3-8H2,1-2H3. The third-order valence-corrected chi connectivity index (χ3v) is 4.70. The Kier molecular flexibility index (Phi) is 4.01. The molecular weight excluding hydrogens is 259 g/mol. The number of nitrogens with zero attached hydrogens (tertiary/aromatic N) is 2. The van der Waals surface area contributed by atoms with Gasteiger partial charge in [-0.05, 0) is 31.6 Å². The van der Waals surface area contributed by atoms with E-state index < -0.39 is 0 Å². The molecule has 96 valence electrons. The van der Waals surface area contributed by atoms with Gasteiger partial charge in [0.2, 0.25) is 0 Å². The van der Waals surface area contributed by atoms with Crippen molar-refractivity contribution in [3.63, 3.8) is 0 Å². The summed E-state index contributed by atoms with van der Waals surface area (Å²) in [6.07, 6.45) is 2.90. The molecule has 0 unspecified atom stereocenters. The van der Waals surface area contributed by atoms with Crippen LogP contribution in [0.25, 0.3) is 0 Å². The van der Waals surface area contributed by atoms with Crippen molar-refractivity contribution in [3.05, 3.63) is 16.4 Å². The van der Waals surface area contributed by atoms with E-state index in [2.05, 4.69) is 5.10 Å². The molecule has 1 aliphatic rings. The van der Waals surface area contributed by atoms with Crippen molar-refractivity contribution >= 4 is 23.2 Å². The molecule has 2 heterocycles. The molecular formula is C12H18Cl2N2O. The highest BCUT2D eigenvalue weighted by Gasteiger charge is 2.34. The van der Waals surface area contributed by atoms with Gasteiger partial charge in [0, 0.05) is 31.7 Å². The number of hydrogen-bond donors (Lipinski definition) is 0. The Hall–Kier alpha value is -0.250. The summed E-state index contributed by atoms with van der Waals surface area (Å²) in [5.74, 6) is 0.654. The van der Waals surface area contributed by atoms with Crippen LogP contribution in [-0.4, -0.2) is 28.9 Å². The van der Waals surface area contributed by atoms with Crippen molar-refractivity contribution in [3.8, 4) is 0 Å². The molecule has 2 rings (SSSR count). The second kappa shape index (κ2) is 5.17. The van der Waals surface area contributed by atoms with E-state index in [4.69, 9.17) is 27.9 Å².